The van der Waals surface area contributed by atoms with Gasteiger partial charge in [0.25, 0.3) is 5.91 Å². The molecule has 0 aliphatic carbocycles. The molecule has 0 saturated heterocycles. The Labute approximate surface area is 123 Å². The molecular formula is C15H10BrFN2O. The first kappa shape index (κ1) is 12.9. The minimum Gasteiger partial charge on any atom is -0.398 e. The van der Waals surface area contributed by atoms with Crippen molar-refractivity contribution in [2.24, 2.45) is 5.73 Å². The molecule has 3 nitrogen and oxygen atoms in total. The number of hydrogen-bond acceptors (Lipinski definition) is 2. The lowest BCUT2D eigenvalue weighted by atomic mass is 10.0. The van der Waals surface area contributed by atoms with Gasteiger partial charge >= 0.3 is 0 Å². The number of halogens is 2. The highest BCUT2D eigenvalue weighted by atomic mass is 79.9. The summed E-state index contributed by atoms with van der Waals surface area (Å²) in [7, 11) is 0. The lowest BCUT2D eigenvalue weighted by Crippen LogP contribution is -2.09. The maximum absolute atomic E-state index is 13.3. The molecule has 1 aliphatic rings. The average Bonchev–Trinajstić information content (AvgIpc) is 2.73. The number of anilines is 1. The highest BCUT2D eigenvalue weighted by Gasteiger charge is 2.27. The fraction of sp³-hybridized carbons (Fsp3) is 0. The molecule has 0 fully saturated rings. The summed E-state index contributed by atoms with van der Waals surface area (Å²) in [5, 5.41) is 2.75. The van der Waals surface area contributed by atoms with Gasteiger partial charge in [0.2, 0.25) is 0 Å². The third-order valence-corrected chi connectivity index (χ3v) is 3.62. The normalized spacial score (nSPS) is 15.8. The number of rotatable bonds is 1. The number of hydrogen-bond donors (Lipinski definition) is 2. The zero-order chi connectivity index (χ0) is 14.3. The molecule has 2 aromatic carbocycles. The summed E-state index contributed by atoms with van der Waals surface area (Å²) in [6.45, 7) is 0. The van der Waals surface area contributed by atoms with E-state index >= 15 is 0 Å². The lowest BCUT2D eigenvalue weighted by Gasteiger charge is -2.06. The first-order chi connectivity index (χ1) is 9.56. The van der Waals surface area contributed by atoms with Gasteiger partial charge in [-0.25, -0.2) is 4.39 Å². The van der Waals surface area contributed by atoms with E-state index in [0.717, 1.165) is 4.47 Å². The van der Waals surface area contributed by atoms with E-state index in [-0.39, 0.29) is 17.4 Å². The summed E-state index contributed by atoms with van der Waals surface area (Å²) in [4.78, 5) is 12.1. The fourth-order valence-electron chi connectivity index (χ4n) is 2.21. The molecule has 0 spiro atoms. The summed E-state index contributed by atoms with van der Waals surface area (Å²) in [6.07, 6.45) is 0. The molecule has 0 saturated carbocycles. The van der Waals surface area contributed by atoms with E-state index in [1.54, 1.807) is 18.2 Å². The van der Waals surface area contributed by atoms with Crippen LogP contribution < -0.4 is 11.1 Å². The molecule has 2 aromatic rings. The van der Waals surface area contributed by atoms with Crippen molar-refractivity contribution in [3.63, 3.8) is 0 Å². The van der Waals surface area contributed by atoms with Gasteiger partial charge in [-0.3, -0.25) is 4.79 Å². The highest BCUT2D eigenvalue weighted by Crippen LogP contribution is 2.36. The molecular weight excluding hydrogens is 323 g/mol. The van der Waals surface area contributed by atoms with Crippen molar-refractivity contribution in [1.82, 2.24) is 0 Å². The Balaban J connectivity index is 2.21. The first-order valence-corrected chi connectivity index (χ1v) is 6.72. The van der Waals surface area contributed by atoms with Gasteiger partial charge < -0.3 is 11.1 Å². The molecule has 1 amide bonds. The lowest BCUT2D eigenvalue weighted by molar-refractivity contribution is -0.110. The van der Waals surface area contributed by atoms with Crippen LogP contribution in [0.1, 0.15) is 11.1 Å². The predicted octanol–water partition coefficient (Wildman–Crippen LogP) is 3.37. The Morgan fingerprint density at radius 2 is 2.00 bits per heavy atom. The SMILES string of the molecule is N/C(=C1\C(=O)Nc2ccc(Br)cc21)c1cccc(F)c1. The average molecular weight is 333 g/mol. The number of amides is 1. The Morgan fingerprint density at radius 1 is 1.20 bits per heavy atom. The molecule has 3 N–H and O–H groups in total. The van der Waals surface area contributed by atoms with Gasteiger partial charge in [0, 0.05) is 21.3 Å². The van der Waals surface area contributed by atoms with Crippen molar-refractivity contribution in [2.45, 2.75) is 0 Å². The third kappa shape index (κ3) is 2.10. The second-order valence-electron chi connectivity index (χ2n) is 4.44. The third-order valence-electron chi connectivity index (χ3n) is 3.13. The van der Waals surface area contributed by atoms with E-state index in [2.05, 4.69) is 21.2 Å². The van der Waals surface area contributed by atoms with E-state index < -0.39 is 0 Å². The number of carbonyl (C=O) groups excluding carboxylic acids is 1. The Bertz CT molecular complexity index is 755. The molecule has 3 rings (SSSR count). The van der Waals surface area contributed by atoms with Crippen LogP contribution in [0.15, 0.2) is 46.9 Å². The molecule has 0 bridgehead atoms. The molecule has 0 aromatic heterocycles. The summed E-state index contributed by atoms with van der Waals surface area (Å²) >= 11 is 3.37. The number of carbonyl (C=O) groups is 1. The van der Waals surface area contributed by atoms with Crippen LogP contribution in [0.2, 0.25) is 0 Å². The zero-order valence-electron chi connectivity index (χ0n) is 10.3. The van der Waals surface area contributed by atoms with Crippen LogP contribution in [-0.2, 0) is 4.79 Å². The molecule has 1 aliphatic heterocycles. The number of nitrogens with two attached hydrogens (primary N) is 1. The van der Waals surface area contributed by atoms with Crippen LogP contribution >= 0.6 is 15.9 Å². The van der Waals surface area contributed by atoms with Crippen molar-refractivity contribution in [3.05, 3.63) is 63.9 Å². The topological polar surface area (TPSA) is 55.1 Å². The van der Waals surface area contributed by atoms with Gasteiger partial charge in [0.15, 0.2) is 0 Å². The van der Waals surface area contributed by atoms with E-state index in [4.69, 9.17) is 5.73 Å². The maximum Gasteiger partial charge on any atom is 0.258 e. The quantitative estimate of drug-likeness (QED) is 0.786. The Morgan fingerprint density at radius 3 is 2.75 bits per heavy atom. The standard InChI is InChI=1S/C15H10BrFN2O/c16-9-4-5-12-11(7-9)13(15(20)19-12)14(18)8-2-1-3-10(17)6-8/h1-7H,18H2,(H,19,20)/b14-13-. The summed E-state index contributed by atoms with van der Waals surface area (Å²) in [5.41, 5.74) is 8.60. The first-order valence-electron chi connectivity index (χ1n) is 5.93. The van der Waals surface area contributed by atoms with E-state index in [1.165, 1.54) is 12.1 Å². The smallest absolute Gasteiger partial charge is 0.258 e. The maximum atomic E-state index is 13.3. The summed E-state index contributed by atoms with van der Waals surface area (Å²) in [6, 6.07) is 11.3. The van der Waals surface area contributed by atoms with Crippen LogP contribution in [0, 0.1) is 5.82 Å². The monoisotopic (exact) mass is 332 g/mol. The van der Waals surface area contributed by atoms with Crippen LogP contribution in [0.25, 0.3) is 11.3 Å². The molecule has 0 radical (unpaired) electrons. The van der Waals surface area contributed by atoms with Gasteiger partial charge in [-0.2, -0.15) is 0 Å². The van der Waals surface area contributed by atoms with Crippen molar-refractivity contribution in [2.75, 3.05) is 5.32 Å². The van der Waals surface area contributed by atoms with E-state index in [0.29, 0.717) is 22.4 Å². The Kier molecular flexibility index (Phi) is 3.06. The minimum absolute atomic E-state index is 0.263. The van der Waals surface area contributed by atoms with Crippen molar-refractivity contribution in [3.8, 4) is 0 Å². The predicted molar refractivity (Wildman–Crippen MR) is 80.2 cm³/mol. The van der Waals surface area contributed by atoms with Crippen LogP contribution in [-0.4, -0.2) is 5.91 Å². The number of fused-ring (bicyclic) bond motifs is 1. The Hall–Kier alpha value is -2.14. The fourth-order valence-corrected chi connectivity index (χ4v) is 2.57. The van der Waals surface area contributed by atoms with Crippen LogP contribution in [0.4, 0.5) is 10.1 Å². The van der Waals surface area contributed by atoms with Gasteiger partial charge in [0.05, 0.1) is 11.3 Å². The molecule has 1 heterocycles. The highest BCUT2D eigenvalue weighted by molar-refractivity contribution is 9.10. The number of benzene rings is 2. The van der Waals surface area contributed by atoms with Gasteiger partial charge in [-0.1, -0.05) is 28.1 Å². The second kappa shape index (κ2) is 4.76. The van der Waals surface area contributed by atoms with Gasteiger partial charge in [-0.15, -0.1) is 0 Å². The largest absolute Gasteiger partial charge is 0.398 e. The molecule has 0 atom stereocenters. The van der Waals surface area contributed by atoms with Gasteiger partial charge in [-0.05, 0) is 30.3 Å². The van der Waals surface area contributed by atoms with Crippen LogP contribution in [0.5, 0.6) is 0 Å². The molecule has 5 heteroatoms. The van der Waals surface area contributed by atoms with E-state index in [9.17, 15) is 9.18 Å². The summed E-state index contributed by atoms with van der Waals surface area (Å²) in [5.74, 6) is -0.668. The molecule has 0 unspecified atom stereocenters. The molecule has 100 valence electrons. The van der Waals surface area contributed by atoms with Crippen molar-refractivity contribution in [1.29, 1.82) is 0 Å². The molecule has 20 heavy (non-hydrogen) atoms. The minimum atomic E-state index is -0.390. The van der Waals surface area contributed by atoms with E-state index in [1.807, 2.05) is 12.1 Å². The number of nitrogens with one attached hydrogen (secondary N) is 1. The summed E-state index contributed by atoms with van der Waals surface area (Å²) < 4.78 is 14.1. The van der Waals surface area contributed by atoms with Crippen molar-refractivity contribution < 1.29 is 9.18 Å². The van der Waals surface area contributed by atoms with Crippen molar-refractivity contribution >= 4 is 38.8 Å². The van der Waals surface area contributed by atoms with Gasteiger partial charge in [0.1, 0.15) is 5.82 Å². The second-order valence-corrected chi connectivity index (χ2v) is 5.36. The zero-order valence-corrected chi connectivity index (χ0v) is 11.9. The van der Waals surface area contributed by atoms with Crippen LogP contribution in [0.3, 0.4) is 0 Å².